The number of carbonyl (C=O) groups excluding carboxylic acids is 1. The molecule has 0 bridgehead atoms. The van der Waals surface area contributed by atoms with Gasteiger partial charge in [0.1, 0.15) is 6.04 Å². The predicted molar refractivity (Wildman–Crippen MR) is 69.8 cm³/mol. The van der Waals surface area contributed by atoms with Gasteiger partial charge in [-0.1, -0.05) is 0 Å². The second-order valence-electron chi connectivity index (χ2n) is 4.48. The van der Waals surface area contributed by atoms with Gasteiger partial charge in [-0.25, -0.2) is 0 Å². The molecule has 0 fully saturated rings. The van der Waals surface area contributed by atoms with Crippen LogP contribution in [0.25, 0.3) is 0 Å². The number of ether oxygens (including phenoxy) is 2. The summed E-state index contributed by atoms with van der Waals surface area (Å²) in [5.74, 6) is -1.21. The highest BCUT2D eigenvalue weighted by Crippen LogP contribution is 2.30. The molecule has 18 heavy (non-hydrogen) atoms. The number of rotatable bonds is 8. The minimum Gasteiger partial charge on any atom is -0.462 e. The third kappa shape index (κ3) is 7.11. The number of hydrogen-bond acceptors (Lipinski definition) is 6. The highest BCUT2D eigenvalue weighted by atomic mass is 31.1. The minimum atomic E-state index is -2.43. The van der Waals surface area contributed by atoms with Gasteiger partial charge in [-0.05, 0) is 34.6 Å². The molecule has 7 heteroatoms. The van der Waals surface area contributed by atoms with Gasteiger partial charge in [0.05, 0.1) is 12.2 Å². The van der Waals surface area contributed by atoms with Crippen LogP contribution in [0.1, 0.15) is 34.6 Å². The van der Waals surface area contributed by atoms with Crippen molar-refractivity contribution in [2.45, 2.75) is 58.8 Å². The summed E-state index contributed by atoms with van der Waals surface area (Å²) in [6.07, 6.45) is -0.347. The molecule has 0 spiro atoms. The van der Waals surface area contributed by atoms with Gasteiger partial charge in [0, 0.05) is 7.11 Å². The van der Waals surface area contributed by atoms with Gasteiger partial charge in [-0.15, -0.1) is 0 Å². The number of hydrogen-bond donors (Lipinski definition) is 1. The molecule has 0 aromatic carbocycles. The van der Waals surface area contributed by atoms with E-state index in [1.807, 2.05) is 0 Å². The van der Waals surface area contributed by atoms with Crippen molar-refractivity contribution in [2.24, 2.45) is 0 Å². The topological polar surface area (TPSA) is 73.9 Å². The van der Waals surface area contributed by atoms with Crippen LogP contribution in [0.5, 0.6) is 0 Å². The van der Waals surface area contributed by atoms with Gasteiger partial charge in [-0.2, -0.15) is 0 Å². The van der Waals surface area contributed by atoms with E-state index >= 15 is 0 Å². The summed E-state index contributed by atoms with van der Waals surface area (Å²) in [7, 11) is -1.02. The van der Waals surface area contributed by atoms with Crippen molar-refractivity contribution in [2.75, 3.05) is 7.11 Å². The van der Waals surface area contributed by atoms with Crippen molar-refractivity contribution in [3.63, 3.8) is 0 Å². The zero-order valence-corrected chi connectivity index (χ0v) is 12.9. The van der Waals surface area contributed by atoms with E-state index in [1.54, 1.807) is 34.6 Å². The Balaban J connectivity index is 4.35. The second kappa shape index (κ2) is 8.64. The summed E-state index contributed by atoms with van der Waals surface area (Å²) in [4.78, 5) is 11.6. The summed E-state index contributed by atoms with van der Waals surface area (Å²) in [6, 6.07) is -0.609. The maximum absolute atomic E-state index is 11.8. The molecular formula is C11H24NO5P. The van der Waals surface area contributed by atoms with Crippen molar-refractivity contribution >= 4 is 14.0 Å². The Morgan fingerprint density at radius 1 is 1.11 bits per heavy atom. The molecule has 0 aliphatic heterocycles. The van der Waals surface area contributed by atoms with E-state index in [4.69, 9.17) is 14.0 Å². The van der Waals surface area contributed by atoms with Crippen LogP contribution in [0, 0.1) is 0 Å². The molecule has 2 unspecified atom stereocenters. The van der Waals surface area contributed by atoms with Gasteiger partial charge in [-0.3, -0.25) is 14.7 Å². The van der Waals surface area contributed by atoms with Crippen LogP contribution >= 0.6 is 8.03 Å². The number of esters is 1. The molecule has 3 atom stereocenters. The summed E-state index contributed by atoms with van der Waals surface area (Å²) in [6.45, 7) is 8.73. The maximum Gasteiger partial charge on any atom is 0.323 e. The van der Waals surface area contributed by atoms with Gasteiger partial charge in [0.2, 0.25) is 8.03 Å². The average molecular weight is 281 g/mol. The van der Waals surface area contributed by atoms with Crippen molar-refractivity contribution in [1.82, 2.24) is 5.32 Å². The van der Waals surface area contributed by atoms with Crippen LogP contribution in [-0.2, 0) is 23.4 Å². The summed E-state index contributed by atoms with van der Waals surface area (Å²) >= 11 is 0. The second-order valence-corrected chi connectivity index (χ2v) is 5.87. The Morgan fingerprint density at radius 2 is 1.67 bits per heavy atom. The average Bonchev–Trinajstić information content (AvgIpc) is 2.23. The van der Waals surface area contributed by atoms with Crippen molar-refractivity contribution in [3.8, 4) is 0 Å². The highest BCUT2D eigenvalue weighted by molar-refractivity contribution is 7.39. The molecule has 1 N–H and O–H groups in total. The first-order valence-electron chi connectivity index (χ1n) is 5.97. The third-order valence-corrected chi connectivity index (χ3v) is 3.44. The molecule has 0 heterocycles. The van der Waals surface area contributed by atoms with Crippen molar-refractivity contribution < 1.29 is 23.4 Å². The normalized spacial score (nSPS) is 16.7. The Hall–Kier alpha value is -0.420. The summed E-state index contributed by atoms with van der Waals surface area (Å²) < 4.78 is 27.0. The summed E-state index contributed by atoms with van der Waals surface area (Å²) in [5, 5.41) is 2.79. The standard InChI is InChI=1S/C11H24NO5P/c1-7(2)16-10(13)9(5)12-11(15-6)18(14)17-8(3)4/h7-9,11-12,18H,1-6H3/t9-,11?/m0/s1. The monoisotopic (exact) mass is 281 g/mol. The van der Waals surface area contributed by atoms with Crippen LogP contribution in [0.3, 0.4) is 0 Å². The minimum absolute atomic E-state index is 0.159. The quantitative estimate of drug-likeness (QED) is 0.415. The Bertz CT molecular complexity index is 283. The molecule has 108 valence electrons. The van der Waals surface area contributed by atoms with E-state index in [1.165, 1.54) is 7.11 Å². The van der Waals surface area contributed by atoms with E-state index in [9.17, 15) is 9.36 Å². The molecule has 0 saturated heterocycles. The smallest absolute Gasteiger partial charge is 0.323 e. The Labute approximate surface area is 109 Å². The van der Waals surface area contributed by atoms with E-state index < -0.39 is 26.0 Å². The molecule has 0 saturated carbocycles. The van der Waals surface area contributed by atoms with Crippen LogP contribution in [0.4, 0.5) is 0 Å². The van der Waals surface area contributed by atoms with Gasteiger partial charge < -0.3 is 14.0 Å². The molecule has 0 aromatic heterocycles. The molecule has 0 amide bonds. The van der Waals surface area contributed by atoms with Gasteiger partial charge >= 0.3 is 5.97 Å². The first-order chi connectivity index (χ1) is 8.27. The fraction of sp³-hybridized carbons (Fsp3) is 0.909. The maximum atomic E-state index is 11.8. The predicted octanol–water partition coefficient (Wildman–Crippen LogP) is 1.75. The molecule has 0 aliphatic carbocycles. The largest absolute Gasteiger partial charge is 0.462 e. The van der Waals surface area contributed by atoms with E-state index in [0.29, 0.717) is 0 Å². The Morgan fingerprint density at radius 3 is 2.06 bits per heavy atom. The van der Waals surface area contributed by atoms with Crippen LogP contribution in [0.2, 0.25) is 0 Å². The van der Waals surface area contributed by atoms with Gasteiger partial charge in [0.15, 0.2) is 5.97 Å². The van der Waals surface area contributed by atoms with Crippen molar-refractivity contribution in [1.29, 1.82) is 0 Å². The molecule has 0 rings (SSSR count). The highest BCUT2D eigenvalue weighted by Gasteiger charge is 2.24. The molecule has 0 aromatic rings. The van der Waals surface area contributed by atoms with E-state index in [0.717, 1.165) is 0 Å². The third-order valence-electron chi connectivity index (χ3n) is 1.91. The molecular weight excluding hydrogens is 257 g/mol. The molecule has 0 radical (unpaired) electrons. The lowest BCUT2D eigenvalue weighted by molar-refractivity contribution is -0.150. The lowest BCUT2D eigenvalue weighted by atomic mass is 10.3. The van der Waals surface area contributed by atoms with Crippen LogP contribution < -0.4 is 5.32 Å². The first kappa shape index (κ1) is 17.6. The number of nitrogens with one attached hydrogen (secondary N) is 1. The van der Waals surface area contributed by atoms with Gasteiger partial charge in [0.25, 0.3) is 0 Å². The molecule has 6 nitrogen and oxygen atoms in total. The van der Waals surface area contributed by atoms with Crippen LogP contribution in [0.15, 0.2) is 0 Å². The fourth-order valence-corrected chi connectivity index (χ4v) is 2.32. The Kier molecular flexibility index (Phi) is 8.44. The van der Waals surface area contributed by atoms with Crippen LogP contribution in [-0.4, -0.2) is 37.3 Å². The lowest BCUT2D eigenvalue weighted by Crippen LogP contribution is -2.42. The SMILES string of the molecule is COC(N[C@@H](C)C(=O)OC(C)C)[PH](=O)OC(C)C. The van der Waals surface area contributed by atoms with Crippen molar-refractivity contribution in [3.05, 3.63) is 0 Å². The molecule has 0 aliphatic rings. The van der Waals surface area contributed by atoms with E-state index in [-0.39, 0.29) is 12.2 Å². The zero-order chi connectivity index (χ0) is 14.3. The fourth-order valence-electron chi connectivity index (χ4n) is 1.16. The summed E-state index contributed by atoms with van der Waals surface area (Å²) in [5.41, 5.74) is 0. The lowest BCUT2D eigenvalue weighted by Gasteiger charge is -2.22. The number of methoxy groups -OCH3 is 1. The van der Waals surface area contributed by atoms with E-state index in [2.05, 4.69) is 5.32 Å². The zero-order valence-electron chi connectivity index (χ0n) is 11.9. The number of carbonyl (C=O) groups is 1. The first-order valence-corrected chi connectivity index (χ1v) is 7.37.